The van der Waals surface area contributed by atoms with Crippen LogP contribution in [0, 0.1) is 5.82 Å². The van der Waals surface area contributed by atoms with Crippen molar-refractivity contribution in [3.05, 3.63) is 59.9 Å². The van der Waals surface area contributed by atoms with E-state index in [9.17, 15) is 13.2 Å². The average molecular weight is 457 g/mol. The van der Waals surface area contributed by atoms with Gasteiger partial charge in [0.2, 0.25) is 5.89 Å². The van der Waals surface area contributed by atoms with Crippen LogP contribution < -0.4 is 5.73 Å². The number of rotatable bonds is 5. The van der Waals surface area contributed by atoms with E-state index in [2.05, 4.69) is 25.5 Å². The summed E-state index contributed by atoms with van der Waals surface area (Å²) in [5, 5.41) is 15.6. The summed E-state index contributed by atoms with van der Waals surface area (Å²) >= 11 is 1.38. The molecule has 1 unspecified atom stereocenters. The van der Waals surface area contributed by atoms with E-state index in [0.717, 1.165) is 21.8 Å². The number of fused-ring (bicyclic) bond motifs is 1. The van der Waals surface area contributed by atoms with Crippen LogP contribution in [0.4, 0.5) is 18.3 Å². The maximum atomic E-state index is 14.8. The number of halogens is 3. The van der Waals surface area contributed by atoms with Gasteiger partial charge in [-0.1, -0.05) is 28.7 Å². The maximum Gasteiger partial charge on any atom is 0.314 e. The van der Waals surface area contributed by atoms with Gasteiger partial charge in [0.05, 0.1) is 22.5 Å². The van der Waals surface area contributed by atoms with Crippen LogP contribution in [0.25, 0.3) is 32.9 Å². The van der Waals surface area contributed by atoms with Crippen LogP contribution in [0.5, 0.6) is 0 Å². The smallest absolute Gasteiger partial charge is 0.314 e. The lowest BCUT2D eigenvalue weighted by Gasteiger charge is -2.13. The van der Waals surface area contributed by atoms with Crippen LogP contribution in [0.2, 0.25) is 0 Å². The lowest BCUT2D eigenvalue weighted by Crippen LogP contribution is -2.09. The van der Waals surface area contributed by atoms with Gasteiger partial charge in [0.15, 0.2) is 5.13 Å². The molecule has 12 heteroatoms. The Kier molecular flexibility index (Phi) is 4.85. The van der Waals surface area contributed by atoms with Gasteiger partial charge in [0.1, 0.15) is 11.5 Å². The molecule has 5 rings (SSSR count). The summed E-state index contributed by atoms with van der Waals surface area (Å²) in [6.07, 6.45) is -1.17. The molecule has 0 aliphatic carbocycles. The predicted octanol–water partition coefficient (Wildman–Crippen LogP) is 4.87. The zero-order valence-corrected chi connectivity index (χ0v) is 17.2. The number of thiazole rings is 1. The van der Waals surface area contributed by atoms with E-state index in [4.69, 9.17) is 10.2 Å². The molecule has 5 aromatic rings. The molecule has 0 spiro atoms. The summed E-state index contributed by atoms with van der Waals surface area (Å²) in [5.74, 6) is -1.56. The van der Waals surface area contributed by atoms with E-state index in [1.54, 1.807) is 17.8 Å². The summed E-state index contributed by atoms with van der Waals surface area (Å²) in [7, 11) is 0. The molecule has 0 saturated carbocycles. The highest BCUT2D eigenvalue weighted by atomic mass is 32.1. The molecule has 162 valence electrons. The molecule has 3 heterocycles. The predicted molar refractivity (Wildman–Crippen MR) is 112 cm³/mol. The Labute approximate surface area is 182 Å². The van der Waals surface area contributed by atoms with Crippen LogP contribution in [0.15, 0.2) is 47.0 Å². The number of aromatic nitrogens is 6. The number of nitrogens with zero attached hydrogens (tertiary/aromatic N) is 6. The van der Waals surface area contributed by atoms with Gasteiger partial charge in [-0.2, -0.15) is 8.78 Å². The summed E-state index contributed by atoms with van der Waals surface area (Å²) < 4.78 is 47.5. The third kappa shape index (κ3) is 3.58. The molecule has 2 N–H and O–H groups in total. The van der Waals surface area contributed by atoms with Gasteiger partial charge in [-0.25, -0.2) is 14.1 Å². The third-order valence-corrected chi connectivity index (χ3v) is 5.78. The van der Waals surface area contributed by atoms with Crippen molar-refractivity contribution in [1.82, 2.24) is 30.2 Å². The Bertz CT molecular complexity index is 1430. The van der Waals surface area contributed by atoms with Crippen LogP contribution >= 0.6 is 11.3 Å². The van der Waals surface area contributed by atoms with Crippen molar-refractivity contribution in [3.8, 4) is 22.7 Å². The molecule has 32 heavy (non-hydrogen) atoms. The summed E-state index contributed by atoms with van der Waals surface area (Å²) in [6, 6.07) is 9.38. The Morgan fingerprint density at radius 2 is 1.88 bits per heavy atom. The highest BCUT2D eigenvalue weighted by molar-refractivity contribution is 7.22. The van der Waals surface area contributed by atoms with E-state index >= 15 is 0 Å². The van der Waals surface area contributed by atoms with Crippen LogP contribution in [-0.4, -0.2) is 30.2 Å². The van der Waals surface area contributed by atoms with E-state index in [1.807, 2.05) is 18.2 Å². The van der Waals surface area contributed by atoms with Gasteiger partial charge < -0.3 is 10.2 Å². The average Bonchev–Trinajstić information content (AvgIpc) is 3.51. The van der Waals surface area contributed by atoms with Crippen molar-refractivity contribution in [2.75, 3.05) is 5.73 Å². The first-order chi connectivity index (χ1) is 15.4. The van der Waals surface area contributed by atoms with Crippen molar-refractivity contribution < 1.29 is 17.6 Å². The standard InChI is InChI=1S/C20H14F3N7OS/c1-9(12-4-2-11(6-13(12)21)18-27-28-19(31-18)17(22)23)30-8-15(26-29-30)10-3-5-14-16(7-10)32-20(24)25-14/h2-9,17H,1H3,(H2,24,25). The highest BCUT2D eigenvalue weighted by Crippen LogP contribution is 2.30. The van der Waals surface area contributed by atoms with Gasteiger partial charge in [0.25, 0.3) is 5.89 Å². The molecule has 0 saturated heterocycles. The molecule has 0 amide bonds. The Hall–Kier alpha value is -3.80. The Balaban J connectivity index is 1.41. The Morgan fingerprint density at radius 1 is 1.06 bits per heavy atom. The zero-order valence-electron chi connectivity index (χ0n) is 16.4. The molecule has 0 fully saturated rings. The van der Waals surface area contributed by atoms with Gasteiger partial charge in [0, 0.05) is 16.7 Å². The van der Waals surface area contributed by atoms with Gasteiger partial charge in [-0.15, -0.1) is 15.3 Å². The molecule has 1 atom stereocenters. The molecule has 0 radical (unpaired) electrons. The fraction of sp³-hybridized carbons (Fsp3) is 0.150. The lowest BCUT2D eigenvalue weighted by molar-refractivity contribution is 0.116. The number of hydrogen-bond donors (Lipinski definition) is 1. The quantitative estimate of drug-likeness (QED) is 0.401. The number of benzene rings is 2. The molecule has 0 aliphatic heterocycles. The zero-order chi connectivity index (χ0) is 22.4. The largest absolute Gasteiger partial charge is 0.415 e. The molecular formula is C20H14F3N7OS. The highest BCUT2D eigenvalue weighted by Gasteiger charge is 2.20. The van der Waals surface area contributed by atoms with Crippen molar-refractivity contribution in [3.63, 3.8) is 0 Å². The minimum atomic E-state index is -2.89. The van der Waals surface area contributed by atoms with E-state index < -0.39 is 24.2 Å². The second kappa shape index (κ2) is 7.71. The van der Waals surface area contributed by atoms with Crippen molar-refractivity contribution in [2.45, 2.75) is 19.4 Å². The first-order valence-corrected chi connectivity index (χ1v) is 10.2. The minimum Gasteiger partial charge on any atom is -0.415 e. The number of nitrogens with two attached hydrogens (primary N) is 1. The maximum absolute atomic E-state index is 14.8. The van der Waals surface area contributed by atoms with E-state index in [0.29, 0.717) is 16.4 Å². The van der Waals surface area contributed by atoms with Gasteiger partial charge in [-0.3, -0.25) is 0 Å². The fourth-order valence-corrected chi connectivity index (χ4v) is 4.05. The van der Waals surface area contributed by atoms with Crippen LogP contribution in [0.3, 0.4) is 0 Å². The lowest BCUT2D eigenvalue weighted by atomic mass is 10.1. The van der Waals surface area contributed by atoms with Crippen LogP contribution in [0.1, 0.15) is 30.8 Å². The second-order valence-corrected chi connectivity index (χ2v) is 8.04. The monoisotopic (exact) mass is 457 g/mol. The molecule has 3 aromatic heterocycles. The second-order valence-electron chi connectivity index (χ2n) is 6.98. The van der Waals surface area contributed by atoms with Gasteiger partial charge in [-0.05, 0) is 31.2 Å². The van der Waals surface area contributed by atoms with Crippen molar-refractivity contribution in [2.24, 2.45) is 0 Å². The van der Waals surface area contributed by atoms with Crippen molar-refractivity contribution in [1.29, 1.82) is 0 Å². The SMILES string of the molecule is CC(c1ccc(-c2nnc(C(F)F)o2)cc1F)n1cc(-c2ccc3nc(N)sc3c2)nn1. The molecule has 2 aromatic carbocycles. The van der Waals surface area contributed by atoms with Crippen LogP contribution in [-0.2, 0) is 0 Å². The normalized spacial score (nSPS) is 12.7. The summed E-state index contributed by atoms with van der Waals surface area (Å²) in [6.45, 7) is 1.77. The first-order valence-electron chi connectivity index (χ1n) is 9.38. The topological polar surface area (TPSA) is 109 Å². The molecule has 0 bridgehead atoms. The van der Waals surface area contributed by atoms with E-state index in [-0.39, 0.29) is 11.5 Å². The molecule has 8 nitrogen and oxygen atoms in total. The fourth-order valence-electron chi connectivity index (χ4n) is 3.28. The number of nitrogen functional groups attached to an aromatic ring is 1. The first kappa shape index (κ1) is 20.1. The van der Waals surface area contributed by atoms with Gasteiger partial charge >= 0.3 is 6.43 Å². The summed E-state index contributed by atoms with van der Waals surface area (Å²) in [4.78, 5) is 4.23. The minimum absolute atomic E-state index is 0.180. The number of anilines is 1. The number of alkyl halides is 2. The van der Waals surface area contributed by atoms with Crippen molar-refractivity contribution >= 4 is 26.7 Å². The molecule has 0 aliphatic rings. The summed E-state index contributed by atoms with van der Waals surface area (Å²) in [5.41, 5.74) is 8.56. The van der Waals surface area contributed by atoms with E-state index in [1.165, 1.54) is 23.5 Å². The third-order valence-electron chi connectivity index (χ3n) is 4.93. The Morgan fingerprint density at radius 3 is 2.62 bits per heavy atom. The number of hydrogen-bond acceptors (Lipinski definition) is 8. The molecular weight excluding hydrogens is 443 g/mol.